The van der Waals surface area contributed by atoms with Crippen molar-refractivity contribution in [1.29, 1.82) is 0 Å². The third-order valence-electron chi connectivity index (χ3n) is 5.29. The maximum Gasteiger partial charge on any atom is 0.255 e. The Kier molecular flexibility index (Phi) is 7.74. The molecule has 26 heavy (non-hydrogen) atoms. The van der Waals surface area contributed by atoms with Crippen molar-refractivity contribution in [1.82, 2.24) is 4.90 Å². The van der Waals surface area contributed by atoms with E-state index >= 15 is 0 Å². The van der Waals surface area contributed by atoms with Crippen molar-refractivity contribution >= 4 is 41.5 Å². The third-order valence-corrected chi connectivity index (χ3v) is 5.60. The van der Waals surface area contributed by atoms with Gasteiger partial charge in [-0.15, -0.1) is 12.4 Å². The van der Waals surface area contributed by atoms with E-state index in [0.29, 0.717) is 22.7 Å². The Hall–Kier alpha value is -1.30. The van der Waals surface area contributed by atoms with Crippen LogP contribution in [0.15, 0.2) is 18.2 Å². The Morgan fingerprint density at radius 1 is 1.15 bits per heavy atom. The van der Waals surface area contributed by atoms with Crippen molar-refractivity contribution in [3.8, 4) is 0 Å². The average molecular weight is 400 g/mol. The number of halogens is 2. The molecule has 1 aromatic rings. The van der Waals surface area contributed by atoms with Gasteiger partial charge in [0, 0.05) is 31.2 Å². The molecule has 0 unspecified atom stereocenters. The Morgan fingerprint density at radius 3 is 2.50 bits per heavy atom. The van der Waals surface area contributed by atoms with Gasteiger partial charge in [0.15, 0.2) is 0 Å². The number of rotatable bonds is 4. The number of hydrogen-bond acceptors (Lipinski definition) is 3. The fourth-order valence-corrected chi connectivity index (χ4v) is 4.06. The lowest BCUT2D eigenvalue weighted by molar-refractivity contribution is -0.117. The zero-order valence-corrected chi connectivity index (χ0v) is 16.5. The van der Waals surface area contributed by atoms with E-state index in [-0.39, 0.29) is 36.2 Å². The molecule has 3 rings (SSSR count). The van der Waals surface area contributed by atoms with Crippen molar-refractivity contribution in [2.45, 2.75) is 51.0 Å². The molecule has 5 nitrogen and oxygen atoms in total. The second kappa shape index (κ2) is 9.58. The SMILES string of the molecule is Cl.N[C@@H]1CCC[C@H]1CC(=O)Nc1ccc(C(=O)N2CCCCC2)c(Cl)c1. The summed E-state index contributed by atoms with van der Waals surface area (Å²) in [6.07, 6.45) is 6.80. The van der Waals surface area contributed by atoms with Gasteiger partial charge in [-0.1, -0.05) is 18.0 Å². The number of carbonyl (C=O) groups is 2. The average Bonchev–Trinajstić information content (AvgIpc) is 3.00. The van der Waals surface area contributed by atoms with Crippen LogP contribution in [-0.4, -0.2) is 35.8 Å². The molecule has 0 spiro atoms. The molecule has 1 heterocycles. The standard InChI is InChI=1S/C19H26ClN3O2.ClH/c20-16-12-14(22-18(24)11-13-5-4-6-17(13)21)7-8-15(16)19(25)23-9-2-1-3-10-23;/h7-8,12-13,17H,1-6,9-11,21H2,(H,22,24);1H/t13-,17+;/m0./s1. The minimum Gasteiger partial charge on any atom is -0.339 e. The number of amides is 2. The number of benzene rings is 1. The van der Waals surface area contributed by atoms with Crippen LogP contribution in [0.1, 0.15) is 55.3 Å². The summed E-state index contributed by atoms with van der Waals surface area (Å²) in [5.74, 6) is 0.184. The van der Waals surface area contributed by atoms with Gasteiger partial charge in [-0.05, 0) is 56.2 Å². The second-order valence-corrected chi connectivity index (χ2v) is 7.56. The van der Waals surface area contributed by atoms with Crippen LogP contribution in [0.5, 0.6) is 0 Å². The smallest absolute Gasteiger partial charge is 0.255 e. The summed E-state index contributed by atoms with van der Waals surface area (Å²) in [6, 6.07) is 5.23. The van der Waals surface area contributed by atoms with Gasteiger partial charge >= 0.3 is 0 Å². The largest absolute Gasteiger partial charge is 0.339 e. The van der Waals surface area contributed by atoms with Crippen molar-refractivity contribution in [3.63, 3.8) is 0 Å². The molecule has 1 aromatic carbocycles. The second-order valence-electron chi connectivity index (χ2n) is 7.15. The molecule has 2 atom stereocenters. The predicted molar refractivity (Wildman–Crippen MR) is 107 cm³/mol. The van der Waals surface area contributed by atoms with Gasteiger partial charge in [-0.3, -0.25) is 9.59 Å². The van der Waals surface area contributed by atoms with E-state index in [2.05, 4.69) is 5.32 Å². The van der Waals surface area contributed by atoms with Crippen LogP contribution >= 0.6 is 24.0 Å². The lowest BCUT2D eigenvalue weighted by atomic mass is 10.00. The Labute approximate surface area is 166 Å². The third kappa shape index (κ3) is 5.12. The first-order chi connectivity index (χ1) is 12.0. The van der Waals surface area contributed by atoms with Gasteiger partial charge in [-0.2, -0.15) is 0 Å². The highest BCUT2D eigenvalue weighted by Crippen LogP contribution is 2.28. The predicted octanol–water partition coefficient (Wildman–Crippen LogP) is 3.84. The van der Waals surface area contributed by atoms with Crippen LogP contribution in [0.4, 0.5) is 5.69 Å². The molecule has 1 aliphatic carbocycles. The molecular formula is C19H27Cl2N3O2. The molecule has 3 N–H and O–H groups in total. The summed E-state index contributed by atoms with van der Waals surface area (Å²) < 4.78 is 0. The van der Waals surface area contributed by atoms with Gasteiger partial charge in [0.2, 0.25) is 5.91 Å². The first kappa shape index (κ1) is 21.0. The molecular weight excluding hydrogens is 373 g/mol. The van der Waals surface area contributed by atoms with E-state index < -0.39 is 0 Å². The van der Waals surface area contributed by atoms with E-state index in [1.165, 1.54) is 6.42 Å². The number of anilines is 1. The number of nitrogens with zero attached hydrogens (tertiary/aromatic N) is 1. The number of piperidine rings is 1. The zero-order chi connectivity index (χ0) is 17.8. The van der Waals surface area contributed by atoms with E-state index in [1.807, 2.05) is 4.90 Å². The number of nitrogens with one attached hydrogen (secondary N) is 1. The van der Waals surface area contributed by atoms with Crippen molar-refractivity contribution in [2.75, 3.05) is 18.4 Å². The monoisotopic (exact) mass is 399 g/mol. The Morgan fingerprint density at radius 2 is 1.88 bits per heavy atom. The molecule has 1 saturated carbocycles. The fourth-order valence-electron chi connectivity index (χ4n) is 3.80. The summed E-state index contributed by atoms with van der Waals surface area (Å²) in [5, 5.41) is 3.25. The van der Waals surface area contributed by atoms with Crippen LogP contribution in [0.25, 0.3) is 0 Å². The highest BCUT2D eigenvalue weighted by molar-refractivity contribution is 6.34. The summed E-state index contributed by atoms with van der Waals surface area (Å²) in [5.41, 5.74) is 7.15. The summed E-state index contributed by atoms with van der Waals surface area (Å²) in [7, 11) is 0. The van der Waals surface area contributed by atoms with Crippen LogP contribution in [0.2, 0.25) is 5.02 Å². The van der Waals surface area contributed by atoms with Gasteiger partial charge < -0.3 is 16.0 Å². The molecule has 2 fully saturated rings. The van der Waals surface area contributed by atoms with Crippen molar-refractivity contribution < 1.29 is 9.59 Å². The maximum absolute atomic E-state index is 12.6. The normalized spacial score (nSPS) is 22.6. The lowest BCUT2D eigenvalue weighted by Gasteiger charge is -2.27. The van der Waals surface area contributed by atoms with Crippen LogP contribution in [-0.2, 0) is 4.79 Å². The minimum atomic E-state index is -0.0477. The molecule has 1 aliphatic heterocycles. The first-order valence-corrected chi connectivity index (χ1v) is 9.56. The van der Waals surface area contributed by atoms with E-state index in [4.69, 9.17) is 17.3 Å². The maximum atomic E-state index is 12.6. The molecule has 0 aromatic heterocycles. The number of nitrogens with two attached hydrogens (primary N) is 1. The summed E-state index contributed by atoms with van der Waals surface area (Å²) in [4.78, 5) is 26.6. The van der Waals surface area contributed by atoms with Crippen molar-refractivity contribution in [3.05, 3.63) is 28.8 Å². The first-order valence-electron chi connectivity index (χ1n) is 9.19. The quantitative estimate of drug-likeness (QED) is 0.806. The molecule has 144 valence electrons. The summed E-state index contributed by atoms with van der Waals surface area (Å²) >= 11 is 6.30. The van der Waals surface area contributed by atoms with Gasteiger partial charge in [-0.25, -0.2) is 0 Å². The highest BCUT2D eigenvalue weighted by Gasteiger charge is 2.26. The van der Waals surface area contributed by atoms with E-state index in [0.717, 1.165) is 45.2 Å². The van der Waals surface area contributed by atoms with Gasteiger partial charge in [0.25, 0.3) is 5.91 Å². The fraction of sp³-hybridized carbons (Fsp3) is 0.579. The molecule has 2 amide bonds. The van der Waals surface area contributed by atoms with Crippen LogP contribution < -0.4 is 11.1 Å². The minimum absolute atomic E-state index is 0. The molecule has 1 saturated heterocycles. The Balaban J connectivity index is 0.00000243. The lowest BCUT2D eigenvalue weighted by Crippen LogP contribution is -2.35. The molecule has 0 radical (unpaired) electrons. The number of hydrogen-bond donors (Lipinski definition) is 2. The topological polar surface area (TPSA) is 75.4 Å². The molecule has 7 heteroatoms. The van der Waals surface area contributed by atoms with Crippen LogP contribution in [0.3, 0.4) is 0 Å². The molecule has 0 bridgehead atoms. The number of likely N-dealkylation sites (tertiary alicyclic amines) is 1. The number of carbonyl (C=O) groups excluding carboxylic acids is 2. The highest BCUT2D eigenvalue weighted by atomic mass is 35.5. The summed E-state index contributed by atoms with van der Waals surface area (Å²) in [6.45, 7) is 1.57. The van der Waals surface area contributed by atoms with E-state index in [1.54, 1.807) is 18.2 Å². The van der Waals surface area contributed by atoms with Crippen molar-refractivity contribution in [2.24, 2.45) is 11.7 Å². The zero-order valence-electron chi connectivity index (χ0n) is 14.9. The Bertz CT molecular complexity index is 648. The van der Waals surface area contributed by atoms with Crippen LogP contribution in [0, 0.1) is 5.92 Å². The van der Waals surface area contributed by atoms with Gasteiger partial charge in [0.1, 0.15) is 0 Å². The molecule has 2 aliphatic rings. The van der Waals surface area contributed by atoms with Gasteiger partial charge in [0.05, 0.1) is 10.6 Å². The van der Waals surface area contributed by atoms with E-state index in [9.17, 15) is 9.59 Å².